The average molecular weight is 396 g/mol. The van der Waals surface area contributed by atoms with Crippen molar-refractivity contribution in [1.29, 1.82) is 0 Å². The Balaban J connectivity index is 1.73. The van der Waals surface area contributed by atoms with Crippen molar-refractivity contribution in [3.63, 3.8) is 0 Å². The van der Waals surface area contributed by atoms with E-state index in [4.69, 9.17) is 6.42 Å². The van der Waals surface area contributed by atoms with Crippen molar-refractivity contribution in [2.45, 2.75) is 31.9 Å². The molecule has 2 aromatic rings. The number of carbonyl (C=O) groups is 1. The molecule has 2 heterocycles. The molecular weight excluding hydrogens is 371 g/mol. The Morgan fingerprint density at radius 1 is 1.38 bits per heavy atom. The topological polar surface area (TPSA) is 77.5 Å². The summed E-state index contributed by atoms with van der Waals surface area (Å²) in [5.41, 5.74) is 2.18. The SMILES string of the molecule is C#CCNC(=O)c1ccc(NC(C)c2cc(F)ccc2N2CCC(O)CC2)nc1. The zero-order valence-electron chi connectivity index (χ0n) is 16.4. The third-order valence-corrected chi connectivity index (χ3v) is 5.00. The third-order valence-electron chi connectivity index (χ3n) is 5.00. The minimum atomic E-state index is -0.303. The fourth-order valence-corrected chi connectivity index (χ4v) is 3.41. The fraction of sp³-hybridized carbons (Fsp3) is 0.364. The summed E-state index contributed by atoms with van der Waals surface area (Å²) < 4.78 is 14.0. The number of carbonyl (C=O) groups excluding carboxylic acids is 1. The number of hydrogen-bond acceptors (Lipinski definition) is 5. The zero-order chi connectivity index (χ0) is 20.8. The van der Waals surface area contributed by atoms with Crippen LogP contribution in [0.15, 0.2) is 36.5 Å². The molecule has 1 amide bonds. The van der Waals surface area contributed by atoms with Gasteiger partial charge in [0.15, 0.2) is 0 Å². The monoisotopic (exact) mass is 396 g/mol. The molecule has 0 spiro atoms. The Hall–Kier alpha value is -3.11. The van der Waals surface area contributed by atoms with E-state index in [0.717, 1.165) is 24.3 Å². The molecule has 1 fully saturated rings. The largest absolute Gasteiger partial charge is 0.393 e. The number of anilines is 2. The van der Waals surface area contributed by atoms with Crippen LogP contribution in [0.4, 0.5) is 15.9 Å². The van der Waals surface area contributed by atoms with Crippen molar-refractivity contribution in [3.05, 3.63) is 53.5 Å². The highest BCUT2D eigenvalue weighted by Crippen LogP contribution is 2.31. The van der Waals surface area contributed by atoms with Crippen LogP contribution in [0, 0.1) is 18.2 Å². The van der Waals surface area contributed by atoms with Crippen molar-refractivity contribution in [2.75, 3.05) is 29.9 Å². The fourth-order valence-electron chi connectivity index (χ4n) is 3.41. The first kappa shape index (κ1) is 20.6. The minimum Gasteiger partial charge on any atom is -0.393 e. The number of benzene rings is 1. The highest BCUT2D eigenvalue weighted by Gasteiger charge is 2.22. The summed E-state index contributed by atoms with van der Waals surface area (Å²) in [6.45, 7) is 3.55. The smallest absolute Gasteiger partial charge is 0.253 e. The van der Waals surface area contributed by atoms with Gasteiger partial charge in [-0.15, -0.1) is 6.42 Å². The number of nitrogens with one attached hydrogen (secondary N) is 2. The zero-order valence-corrected chi connectivity index (χ0v) is 16.4. The van der Waals surface area contributed by atoms with E-state index in [2.05, 4.69) is 26.4 Å². The Morgan fingerprint density at radius 2 is 2.14 bits per heavy atom. The van der Waals surface area contributed by atoms with Crippen LogP contribution < -0.4 is 15.5 Å². The Kier molecular flexibility index (Phi) is 6.68. The van der Waals surface area contributed by atoms with Crippen molar-refractivity contribution in [1.82, 2.24) is 10.3 Å². The first-order chi connectivity index (χ1) is 14.0. The van der Waals surface area contributed by atoms with Gasteiger partial charge in [0.25, 0.3) is 5.91 Å². The molecule has 0 bridgehead atoms. The lowest BCUT2D eigenvalue weighted by Crippen LogP contribution is -2.36. The maximum atomic E-state index is 14.0. The Bertz CT molecular complexity index is 887. The van der Waals surface area contributed by atoms with E-state index >= 15 is 0 Å². The molecule has 1 unspecified atom stereocenters. The number of terminal acetylenes is 1. The molecule has 3 N–H and O–H groups in total. The second-order valence-corrected chi connectivity index (χ2v) is 7.11. The van der Waals surface area contributed by atoms with Crippen molar-refractivity contribution >= 4 is 17.4 Å². The van der Waals surface area contributed by atoms with Gasteiger partial charge in [-0.05, 0) is 50.1 Å². The summed E-state index contributed by atoms with van der Waals surface area (Å²) in [7, 11) is 0. The molecule has 1 atom stereocenters. The number of piperidine rings is 1. The number of rotatable bonds is 6. The van der Waals surface area contributed by atoms with Gasteiger partial charge in [0, 0.05) is 30.5 Å². The number of nitrogens with zero attached hydrogens (tertiary/aromatic N) is 2. The molecule has 0 saturated carbocycles. The van der Waals surface area contributed by atoms with Gasteiger partial charge in [0.1, 0.15) is 11.6 Å². The number of halogens is 1. The summed E-state index contributed by atoms with van der Waals surface area (Å²) in [6, 6.07) is 7.93. The maximum absolute atomic E-state index is 14.0. The van der Waals surface area contributed by atoms with Gasteiger partial charge in [-0.3, -0.25) is 4.79 Å². The van der Waals surface area contributed by atoms with Crippen LogP contribution in [0.5, 0.6) is 0 Å². The second-order valence-electron chi connectivity index (χ2n) is 7.11. The average Bonchev–Trinajstić information content (AvgIpc) is 2.73. The predicted molar refractivity (Wildman–Crippen MR) is 111 cm³/mol. The molecule has 3 rings (SSSR count). The number of hydrogen-bond donors (Lipinski definition) is 3. The van der Waals surface area contributed by atoms with Crippen LogP contribution in [0.25, 0.3) is 0 Å². The predicted octanol–water partition coefficient (Wildman–Crippen LogP) is 2.72. The molecule has 0 radical (unpaired) electrons. The first-order valence-corrected chi connectivity index (χ1v) is 9.64. The third kappa shape index (κ3) is 5.24. The first-order valence-electron chi connectivity index (χ1n) is 9.64. The van der Waals surface area contributed by atoms with E-state index in [9.17, 15) is 14.3 Å². The van der Waals surface area contributed by atoms with Gasteiger partial charge in [-0.25, -0.2) is 9.37 Å². The summed E-state index contributed by atoms with van der Waals surface area (Å²) in [4.78, 5) is 18.4. The quantitative estimate of drug-likeness (QED) is 0.655. The molecule has 1 aromatic heterocycles. The summed E-state index contributed by atoms with van der Waals surface area (Å²) in [6.07, 6.45) is 7.73. The van der Waals surface area contributed by atoms with E-state index in [1.807, 2.05) is 6.92 Å². The normalized spacial score (nSPS) is 15.4. The van der Waals surface area contributed by atoms with Gasteiger partial charge in [0.05, 0.1) is 24.3 Å². The van der Waals surface area contributed by atoms with Crippen molar-refractivity contribution in [2.24, 2.45) is 0 Å². The summed E-state index contributed by atoms with van der Waals surface area (Å²) >= 11 is 0. The molecule has 1 aliphatic rings. The van der Waals surface area contributed by atoms with Gasteiger partial charge >= 0.3 is 0 Å². The van der Waals surface area contributed by atoms with E-state index in [-0.39, 0.29) is 30.4 Å². The number of aliphatic hydroxyl groups is 1. The van der Waals surface area contributed by atoms with Crippen LogP contribution >= 0.6 is 0 Å². The minimum absolute atomic E-state index is 0.158. The highest BCUT2D eigenvalue weighted by molar-refractivity contribution is 5.94. The van der Waals surface area contributed by atoms with Crippen molar-refractivity contribution < 1.29 is 14.3 Å². The number of pyridine rings is 1. The van der Waals surface area contributed by atoms with E-state index in [1.165, 1.54) is 18.3 Å². The van der Waals surface area contributed by atoms with Gasteiger partial charge in [-0.2, -0.15) is 0 Å². The van der Waals surface area contributed by atoms with Crippen LogP contribution in [0.2, 0.25) is 0 Å². The number of aromatic nitrogens is 1. The van der Waals surface area contributed by atoms with Gasteiger partial charge in [-0.1, -0.05) is 5.92 Å². The Labute approximate surface area is 170 Å². The lowest BCUT2D eigenvalue weighted by molar-refractivity contribution is 0.0958. The Morgan fingerprint density at radius 3 is 2.79 bits per heavy atom. The molecule has 1 aliphatic heterocycles. The van der Waals surface area contributed by atoms with Crippen LogP contribution in [0.1, 0.15) is 41.7 Å². The van der Waals surface area contributed by atoms with Gasteiger partial charge < -0.3 is 20.6 Å². The molecule has 1 saturated heterocycles. The molecule has 0 aliphatic carbocycles. The van der Waals surface area contributed by atoms with E-state index in [0.29, 0.717) is 24.2 Å². The molecular formula is C22H25FN4O2. The van der Waals surface area contributed by atoms with Crippen molar-refractivity contribution in [3.8, 4) is 12.3 Å². The lowest BCUT2D eigenvalue weighted by atomic mass is 10.0. The highest BCUT2D eigenvalue weighted by atomic mass is 19.1. The maximum Gasteiger partial charge on any atom is 0.253 e. The lowest BCUT2D eigenvalue weighted by Gasteiger charge is -2.34. The molecule has 7 heteroatoms. The second kappa shape index (κ2) is 9.39. The van der Waals surface area contributed by atoms with Gasteiger partial charge in [0.2, 0.25) is 0 Å². The van der Waals surface area contributed by atoms with E-state index in [1.54, 1.807) is 18.2 Å². The van der Waals surface area contributed by atoms with Crippen LogP contribution in [-0.4, -0.2) is 41.7 Å². The molecule has 1 aromatic carbocycles. The molecule has 29 heavy (non-hydrogen) atoms. The summed E-state index contributed by atoms with van der Waals surface area (Å²) in [5, 5.41) is 15.6. The standard InChI is InChI=1S/C22H25FN4O2/c1-3-10-24-22(29)16-4-7-21(25-14-16)26-15(2)19-13-17(23)5-6-20(19)27-11-8-18(28)9-12-27/h1,4-7,13-15,18,28H,8-12H2,2H3,(H,24,29)(H,25,26). The van der Waals surface area contributed by atoms with Crippen LogP contribution in [-0.2, 0) is 0 Å². The number of aliphatic hydroxyl groups excluding tert-OH is 1. The molecule has 152 valence electrons. The van der Waals surface area contributed by atoms with E-state index < -0.39 is 0 Å². The van der Waals surface area contributed by atoms with Crippen LogP contribution in [0.3, 0.4) is 0 Å². The molecule has 6 nitrogen and oxygen atoms in total. The number of amides is 1. The summed E-state index contributed by atoms with van der Waals surface area (Å²) in [5.74, 6) is 2.34.